The van der Waals surface area contributed by atoms with Crippen LogP contribution in [0.5, 0.6) is 0 Å². The molecule has 0 bridgehead atoms. The van der Waals surface area contributed by atoms with Crippen LogP contribution in [-0.4, -0.2) is 11.3 Å². The van der Waals surface area contributed by atoms with E-state index in [4.69, 9.17) is 0 Å². The molecule has 0 amide bonds. The molecule has 1 aromatic rings. The van der Waals surface area contributed by atoms with Crippen LogP contribution in [0.4, 0.5) is 8.78 Å². The van der Waals surface area contributed by atoms with E-state index in [2.05, 4.69) is 4.98 Å². The van der Waals surface area contributed by atoms with Gasteiger partial charge in [0.25, 0.3) is 6.43 Å². The van der Waals surface area contributed by atoms with Crippen molar-refractivity contribution in [1.29, 1.82) is 0 Å². The zero-order chi connectivity index (χ0) is 10.0. The molecule has 1 aromatic heterocycles. The van der Waals surface area contributed by atoms with Crippen LogP contribution in [0, 0.1) is 10.6 Å². The van der Waals surface area contributed by atoms with Crippen molar-refractivity contribution in [2.75, 3.05) is 0 Å². The Labute approximate surface area is 87.5 Å². The van der Waals surface area contributed by atoms with Gasteiger partial charge in [0, 0.05) is 11.3 Å². The third-order valence-corrected chi connectivity index (χ3v) is 2.35. The molecule has 0 aliphatic carbocycles. The van der Waals surface area contributed by atoms with Crippen molar-refractivity contribution in [2.24, 2.45) is 0 Å². The van der Waals surface area contributed by atoms with Gasteiger partial charge in [-0.05, 0) is 35.6 Å². The van der Waals surface area contributed by atoms with Gasteiger partial charge in [-0.15, -0.1) is 0 Å². The molecular weight excluding hydrogens is 291 g/mol. The molecule has 0 atom stereocenters. The highest BCUT2D eigenvalue weighted by atomic mass is 127. The number of carbonyl (C=O) groups excluding carboxylic acids is 1. The summed E-state index contributed by atoms with van der Waals surface area (Å²) in [6, 6.07) is 1.23. The van der Waals surface area contributed by atoms with Gasteiger partial charge in [-0.2, -0.15) is 0 Å². The van der Waals surface area contributed by atoms with Gasteiger partial charge in [-0.3, -0.25) is 4.79 Å². The lowest BCUT2D eigenvalue weighted by Crippen LogP contribution is -2.01. The van der Waals surface area contributed by atoms with E-state index in [-0.39, 0.29) is 11.1 Å². The molecule has 0 aliphatic rings. The predicted molar refractivity (Wildman–Crippen MR) is 52.0 cm³/mol. The molecule has 70 valence electrons. The number of hydrogen-bond acceptors (Lipinski definition) is 2. The molecule has 0 aromatic carbocycles. The highest BCUT2D eigenvalue weighted by Crippen LogP contribution is 2.24. The van der Waals surface area contributed by atoms with Crippen molar-refractivity contribution < 1.29 is 13.6 Å². The Morgan fingerprint density at radius 1 is 1.62 bits per heavy atom. The van der Waals surface area contributed by atoms with Crippen molar-refractivity contribution in [3.8, 4) is 0 Å². The normalized spacial score (nSPS) is 10.5. The minimum Gasteiger partial charge on any atom is -0.298 e. The van der Waals surface area contributed by atoms with E-state index in [1.54, 1.807) is 29.5 Å². The molecule has 13 heavy (non-hydrogen) atoms. The lowest BCUT2D eigenvalue weighted by atomic mass is 10.1. The van der Waals surface area contributed by atoms with Crippen molar-refractivity contribution >= 4 is 28.9 Å². The number of alkyl halides is 2. The van der Waals surface area contributed by atoms with Crippen LogP contribution in [0.2, 0.25) is 0 Å². The van der Waals surface area contributed by atoms with Crippen molar-refractivity contribution in [3.05, 3.63) is 26.6 Å². The summed E-state index contributed by atoms with van der Waals surface area (Å²) in [6.45, 7) is 1.61. The minimum atomic E-state index is -2.63. The summed E-state index contributed by atoms with van der Waals surface area (Å²) in [7, 11) is 0. The standard InChI is InChI=1S/C8H6F2INO/c1-4-2-5(7(9)10)6(3-13)8(11)12-4/h2-3,7H,1H3. The summed E-state index contributed by atoms with van der Waals surface area (Å²) in [5.74, 6) is 0. The average Bonchev–Trinajstić information content (AvgIpc) is 2.02. The van der Waals surface area contributed by atoms with Gasteiger partial charge in [-0.1, -0.05) is 0 Å². The molecule has 0 N–H and O–H groups in total. The van der Waals surface area contributed by atoms with Crippen LogP contribution >= 0.6 is 22.6 Å². The van der Waals surface area contributed by atoms with E-state index >= 15 is 0 Å². The molecule has 1 rings (SSSR count). The SMILES string of the molecule is Cc1cc(C(F)F)c(C=O)c(I)n1. The summed E-state index contributed by atoms with van der Waals surface area (Å²) >= 11 is 1.77. The van der Waals surface area contributed by atoms with Crippen LogP contribution in [0.25, 0.3) is 0 Å². The molecule has 0 unspecified atom stereocenters. The lowest BCUT2D eigenvalue weighted by Gasteiger charge is -2.05. The number of carbonyl (C=O) groups is 1. The van der Waals surface area contributed by atoms with E-state index in [0.29, 0.717) is 15.7 Å². The fraction of sp³-hybridized carbons (Fsp3) is 0.250. The van der Waals surface area contributed by atoms with Crippen LogP contribution < -0.4 is 0 Å². The molecule has 5 heteroatoms. The maximum atomic E-state index is 12.4. The van der Waals surface area contributed by atoms with Crippen LogP contribution in [-0.2, 0) is 0 Å². The lowest BCUT2D eigenvalue weighted by molar-refractivity contribution is 0.110. The van der Waals surface area contributed by atoms with Crippen molar-refractivity contribution in [1.82, 2.24) is 4.98 Å². The zero-order valence-electron chi connectivity index (χ0n) is 6.72. The first-order valence-corrected chi connectivity index (χ1v) is 4.54. The zero-order valence-corrected chi connectivity index (χ0v) is 8.88. The Balaban J connectivity index is 3.38. The summed E-state index contributed by atoms with van der Waals surface area (Å²) in [5, 5.41) is 0. The molecule has 0 saturated heterocycles. The monoisotopic (exact) mass is 297 g/mol. The minimum absolute atomic E-state index is 0.0128. The number of pyridine rings is 1. The van der Waals surface area contributed by atoms with Gasteiger partial charge in [-0.25, -0.2) is 13.8 Å². The first-order valence-electron chi connectivity index (χ1n) is 3.46. The molecular formula is C8H6F2INO. The fourth-order valence-corrected chi connectivity index (χ4v) is 1.79. The number of aromatic nitrogens is 1. The van der Waals surface area contributed by atoms with E-state index in [1.165, 1.54) is 6.07 Å². The number of aldehydes is 1. The largest absolute Gasteiger partial charge is 0.298 e. The quantitative estimate of drug-likeness (QED) is 0.477. The number of rotatable bonds is 2. The smallest absolute Gasteiger partial charge is 0.264 e. The molecule has 1 heterocycles. The second-order valence-electron chi connectivity index (χ2n) is 2.48. The summed E-state index contributed by atoms with van der Waals surface area (Å²) in [4.78, 5) is 14.4. The third-order valence-electron chi connectivity index (χ3n) is 1.53. The highest BCUT2D eigenvalue weighted by molar-refractivity contribution is 14.1. The number of hydrogen-bond donors (Lipinski definition) is 0. The van der Waals surface area contributed by atoms with E-state index in [1.807, 2.05) is 0 Å². The molecule has 0 aliphatic heterocycles. The summed E-state index contributed by atoms with van der Waals surface area (Å²) in [6.07, 6.45) is -2.22. The Hall–Kier alpha value is -0.590. The van der Waals surface area contributed by atoms with Crippen molar-refractivity contribution in [2.45, 2.75) is 13.3 Å². The summed E-state index contributed by atoms with van der Waals surface area (Å²) < 4.78 is 25.1. The molecule has 0 radical (unpaired) electrons. The number of aryl methyl sites for hydroxylation is 1. The Morgan fingerprint density at radius 2 is 2.23 bits per heavy atom. The van der Waals surface area contributed by atoms with Crippen molar-refractivity contribution in [3.63, 3.8) is 0 Å². The number of halogens is 3. The fourth-order valence-electron chi connectivity index (χ4n) is 0.966. The highest BCUT2D eigenvalue weighted by Gasteiger charge is 2.16. The first-order chi connectivity index (χ1) is 6.06. The molecule has 0 spiro atoms. The van der Waals surface area contributed by atoms with Gasteiger partial charge in [0.15, 0.2) is 6.29 Å². The van der Waals surface area contributed by atoms with Gasteiger partial charge in [0.2, 0.25) is 0 Å². The van der Waals surface area contributed by atoms with Crippen LogP contribution in [0.15, 0.2) is 6.07 Å². The van der Waals surface area contributed by atoms with E-state index in [0.717, 1.165) is 0 Å². The average molecular weight is 297 g/mol. The third kappa shape index (κ3) is 2.20. The number of nitrogens with zero attached hydrogens (tertiary/aromatic N) is 1. The van der Waals surface area contributed by atoms with Crippen LogP contribution in [0.3, 0.4) is 0 Å². The molecule has 2 nitrogen and oxygen atoms in total. The Kier molecular flexibility index (Phi) is 3.29. The maximum absolute atomic E-state index is 12.4. The van der Waals surface area contributed by atoms with Crippen LogP contribution in [0.1, 0.15) is 28.0 Å². The summed E-state index contributed by atoms with van der Waals surface area (Å²) in [5.41, 5.74) is 0.235. The van der Waals surface area contributed by atoms with Gasteiger partial charge in [0.1, 0.15) is 3.70 Å². The topological polar surface area (TPSA) is 30.0 Å². The Morgan fingerprint density at radius 3 is 2.69 bits per heavy atom. The van der Waals surface area contributed by atoms with Gasteiger partial charge in [0.05, 0.1) is 5.56 Å². The molecule has 0 saturated carbocycles. The first kappa shape index (κ1) is 10.5. The molecule has 0 fully saturated rings. The van der Waals surface area contributed by atoms with E-state index in [9.17, 15) is 13.6 Å². The predicted octanol–water partition coefficient (Wildman–Crippen LogP) is 2.74. The second-order valence-corrected chi connectivity index (χ2v) is 3.50. The maximum Gasteiger partial charge on any atom is 0.264 e. The van der Waals surface area contributed by atoms with E-state index < -0.39 is 6.43 Å². The van der Waals surface area contributed by atoms with Gasteiger partial charge < -0.3 is 0 Å². The second kappa shape index (κ2) is 4.08. The van der Waals surface area contributed by atoms with Gasteiger partial charge >= 0.3 is 0 Å². The Bertz CT molecular complexity index is 341.